The summed E-state index contributed by atoms with van der Waals surface area (Å²) < 4.78 is 4.81. The van der Waals surface area contributed by atoms with Crippen molar-refractivity contribution in [2.45, 2.75) is 31.3 Å². The molecule has 1 fully saturated rings. The van der Waals surface area contributed by atoms with Crippen LogP contribution in [0.2, 0.25) is 0 Å². The van der Waals surface area contributed by atoms with Gasteiger partial charge in [-0.2, -0.15) is 0 Å². The molecular formula is C18H17N3O3. The van der Waals surface area contributed by atoms with Crippen molar-refractivity contribution < 1.29 is 14.3 Å². The van der Waals surface area contributed by atoms with Crippen LogP contribution in [0.15, 0.2) is 36.8 Å². The van der Waals surface area contributed by atoms with Crippen molar-refractivity contribution in [1.29, 1.82) is 0 Å². The average Bonchev–Trinajstić information content (AvgIpc) is 2.95. The first-order chi connectivity index (χ1) is 11.7. The fraction of sp³-hybridized carbons (Fsp3) is 0.333. The number of carbonyl (C=O) groups excluding carboxylic acids is 2. The molecule has 0 aliphatic carbocycles. The second kappa shape index (κ2) is 5.70. The molecule has 122 valence electrons. The van der Waals surface area contributed by atoms with Gasteiger partial charge in [0.05, 0.1) is 30.0 Å². The van der Waals surface area contributed by atoms with E-state index in [-0.39, 0.29) is 18.0 Å². The monoisotopic (exact) mass is 323 g/mol. The summed E-state index contributed by atoms with van der Waals surface area (Å²) >= 11 is 0. The molecule has 1 amide bonds. The van der Waals surface area contributed by atoms with Crippen LogP contribution in [0, 0.1) is 0 Å². The molecule has 3 heterocycles. The first-order valence-corrected chi connectivity index (χ1v) is 7.99. The Morgan fingerprint density at radius 2 is 2.00 bits per heavy atom. The van der Waals surface area contributed by atoms with Crippen LogP contribution in [0.1, 0.15) is 50.9 Å². The third-order valence-corrected chi connectivity index (χ3v) is 4.91. The van der Waals surface area contributed by atoms with E-state index in [1.807, 2.05) is 4.90 Å². The minimum absolute atomic E-state index is 0.0156. The Morgan fingerprint density at radius 1 is 1.21 bits per heavy atom. The molecule has 4 rings (SSSR count). The van der Waals surface area contributed by atoms with Crippen LogP contribution in [0.3, 0.4) is 0 Å². The minimum atomic E-state index is -0.493. The molecular weight excluding hydrogens is 306 g/mol. The highest BCUT2D eigenvalue weighted by atomic mass is 16.5. The molecule has 2 aromatic rings. The number of benzene rings is 1. The normalized spacial score (nSPS) is 21.3. The Bertz CT molecular complexity index is 821. The van der Waals surface area contributed by atoms with E-state index in [4.69, 9.17) is 4.74 Å². The topological polar surface area (TPSA) is 72.4 Å². The second-order valence-electron chi connectivity index (χ2n) is 6.13. The van der Waals surface area contributed by atoms with Crippen molar-refractivity contribution in [2.24, 2.45) is 0 Å². The summed E-state index contributed by atoms with van der Waals surface area (Å²) in [6, 6.07) is 6.92. The summed E-state index contributed by atoms with van der Waals surface area (Å²) in [4.78, 5) is 35.6. The minimum Gasteiger partial charge on any atom is -0.465 e. The molecule has 24 heavy (non-hydrogen) atoms. The highest BCUT2D eigenvalue weighted by Crippen LogP contribution is 2.43. The smallest absolute Gasteiger partial charge is 0.338 e. The molecule has 2 aliphatic heterocycles. The fourth-order valence-electron chi connectivity index (χ4n) is 3.83. The maximum Gasteiger partial charge on any atom is 0.338 e. The van der Waals surface area contributed by atoms with Crippen molar-refractivity contribution in [3.05, 3.63) is 59.2 Å². The summed E-state index contributed by atoms with van der Waals surface area (Å²) in [5.41, 5.74) is 2.75. The predicted molar refractivity (Wildman–Crippen MR) is 85.5 cm³/mol. The number of aromatic nitrogens is 2. The second-order valence-corrected chi connectivity index (χ2v) is 6.13. The van der Waals surface area contributed by atoms with E-state index < -0.39 is 5.97 Å². The van der Waals surface area contributed by atoms with Gasteiger partial charge in [-0.05, 0) is 25.0 Å². The lowest BCUT2D eigenvalue weighted by Crippen LogP contribution is -2.42. The summed E-state index contributed by atoms with van der Waals surface area (Å²) in [6.45, 7) is 0. The molecule has 0 unspecified atom stereocenters. The zero-order valence-corrected chi connectivity index (χ0v) is 13.3. The lowest BCUT2D eigenvalue weighted by molar-refractivity contribution is 0.0573. The van der Waals surface area contributed by atoms with Gasteiger partial charge in [0.1, 0.15) is 6.33 Å². The Balaban J connectivity index is 1.74. The maximum atomic E-state index is 13.2. The quantitative estimate of drug-likeness (QED) is 0.792. The van der Waals surface area contributed by atoms with E-state index in [2.05, 4.69) is 9.97 Å². The van der Waals surface area contributed by atoms with Crippen molar-refractivity contribution >= 4 is 11.9 Å². The molecule has 2 aliphatic rings. The van der Waals surface area contributed by atoms with Gasteiger partial charge in [0.15, 0.2) is 0 Å². The maximum absolute atomic E-state index is 13.2. The number of fused-ring (bicyclic) bond motifs is 4. The Morgan fingerprint density at radius 3 is 2.79 bits per heavy atom. The van der Waals surface area contributed by atoms with Gasteiger partial charge in [-0.25, -0.2) is 14.8 Å². The number of rotatable bonds is 2. The van der Waals surface area contributed by atoms with Crippen LogP contribution in [0.25, 0.3) is 0 Å². The molecule has 1 saturated heterocycles. The van der Waals surface area contributed by atoms with Crippen molar-refractivity contribution in [2.75, 3.05) is 7.11 Å². The molecule has 0 spiro atoms. The van der Waals surface area contributed by atoms with Gasteiger partial charge in [-0.3, -0.25) is 4.79 Å². The standard InChI is InChI=1S/C18H17N3O3/c1-24-18(23)13-5-3-2-4-12(13)17(22)21-11-6-7-16(21)14-9-19-10-20-15(14)8-11/h2-5,9-11,16H,6-8H2,1H3/t11-,16-/m0/s1. The summed E-state index contributed by atoms with van der Waals surface area (Å²) in [7, 11) is 1.32. The van der Waals surface area contributed by atoms with Crippen LogP contribution < -0.4 is 0 Å². The number of ether oxygens (including phenoxy) is 1. The van der Waals surface area contributed by atoms with Crippen LogP contribution in [-0.2, 0) is 11.2 Å². The third-order valence-electron chi connectivity index (χ3n) is 4.91. The number of hydrogen-bond donors (Lipinski definition) is 0. The number of methoxy groups -OCH3 is 1. The van der Waals surface area contributed by atoms with E-state index in [0.29, 0.717) is 11.1 Å². The van der Waals surface area contributed by atoms with Crippen LogP contribution >= 0.6 is 0 Å². The highest BCUT2D eigenvalue weighted by molar-refractivity contribution is 6.05. The molecule has 2 atom stereocenters. The van der Waals surface area contributed by atoms with Gasteiger partial charge in [-0.15, -0.1) is 0 Å². The van der Waals surface area contributed by atoms with Crippen molar-refractivity contribution in [3.63, 3.8) is 0 Å². The van der Waals surface area contributed by atoms with E-state index >= 15 is 0 Å². The number of amides is 1. The van der Waals surface area contributed by atoms with E-state index in [1.165, 1.54) is 7.11 Å². The lowest BCUT2D eigenvalue weighted by atomic mass is 9.97. The average molecular weight is 323 g/mol. The largest absolute Gasteiger partial charge is 0.465 e. The molecule has 6 nitrogen and oxygen atoms in total. The van der Waals surface area contributed by atoms with E-state index in [9.17, 15) is 9.59 Å². The third kappa shape index (κ3) is 2.18. The van der Waals surface area contributed by atoms with Crippen molar-refractivity contribution in [1.82, 2.24) is 14.9 Å². The number of esters is 1. The molecule has 6 heteroatoms. The Kier molecular flexibility index (Phi) is 3.52. The number of hydrogen-bond acceptors (Lipinski definition) is 5. The molecule has 1 aromatic heterocycles. The summed E-state index contributed by atoms with van der Waals surface area (Å²) in [5.74, 6) is -0.620. The zero-order valence-electron chi connectivity index (χ0n) is 13.3. The fourth-order valence-corrected chi connectivity index (χ4v) is 3.83. The van der Waals surface area contributed by atoms with Crippen LogP contribution in [0.4, 0.5) is 0 Å². The lowest BCUT2D eigenvalue weighted by Gasteiger charge is -2.35. The molecule has 2 bridgehead atoms. The molecule has 0 radical (unpaired) electrons. The van der Waals surface area contributed by atoms with Crippen molar-refractivity contribution in [3.8, 4) is 0 Å². The highest BCUT2D eigenvalue weighted by Gasteiger charge is 2.44. The van der Waals surface area contributed by atoms with Crippen LogP contribution in [-0.4, -0.2) is 39.9 Å². The van der Waals surface area contributed by atoms with Gasteiger partial charge in [0, 0.05) is 24.2 Å². The number of nitrogens with zero attached hydrogens (tertiary/aromatic N) is 3. The molecule has 0 N–H and O–H groups in total. The van der Waals surface area contributed by atoms with E-state index in [0.717, 1.165) is 30.5 Å². The van der Waals surface area contributed by atoms with Crippen LogP contribution in [0.5, 0.6) is 0 Å². The Hall–Kier alpha value is -2.76. The van der Waals surface area contributed by atoms with E-state index in [1.54, 1.807) is 36.8 Å². The molecule has 0 saturated carbocycles. The Labute approximate surface area is 139 Å². The first kappa shape index (κ1) is 14.8. The summed E-state index contributed by atoms with van der Waals surface area (Å²) in [5, 5.41) is 0. The van der Waals surface area contributed by atoms with Gasteiger partial charge >= 0.3 is 5.97 Å². The summed E-state index contributed by atoms with van der Waals surface area (Å²) in [6.07, 6.45) is 5.94. The van der Waals surface area contributed by atoms with Gasteiger partial charge in [-0.1, -0.05) is 12.1 Å². The van der Waals surface area contributed by atoms with Gasteiger partial charge in [0.2, 0.25) is 0 Å². The first-order valence-electron chi connectivity index (χ1n) is 7.99. The van der Waals surface area contributed by atoms with Gasteiger partial charge < -0.3 is 9.64 Å². The van der Waals surface area contributed by atoms with Gasteiger partial charge in [0.25, 0.3) is 5.91 Å². The zero-order chi connectivity index (χ0) is 16.7. The number of carbonyl (C=O) groups is 2. The SMILES string of the molecule is COC(=O)c1ccccc1C(=O)N1[C@H]2CC[C@H]1c1cncnc1C2. The predicted octanol–water partition coefficient (Wildman–Crippen LogP) is 2.17. The molecule has 1 aromatic carbocycles.